The van der Waals surface area contributed by atoms with Gasteiger partial charge in [-0.2, -0.15) is 0 Å². The molecule has 4 heteroatoms. The first-order chi connectivity index (χ1) is 10.8. The average Bonchev–Trinajstić information content (AvgIpc) is 3.19. The Hall–Kier alpha value is -1.06. The van der Waals surface area contributed by atoms with Crippen molar-refractivity contribution in [2.45, 2.75) is 58.5 Å². The summed E-state index contributed by atoms with van der Waals surface area (Å²) in [5.41, 5.74) is -0.535. The molecule has 7 unspecified atom stereocenters. The fraction of sp³-hybridized carbons (Fsp3) is 0.895. The molecule has 0 aromatic heterocycles. The van der Waals surface area contributed by atoms with E-state index in [1.165, 1.54) is 25.7 Å². The summed E-state index contributed by atoms with van der Waals surface area (Å²) in [6.07, 6.45) is 6.40. The van der Waals surface area contributed by atoms with E-state index in [0.717, 1.165) is 36.0 Å². The highest BCUT2D eigenvalue weighted by Gasteiger charge is 2.63. The van der Waals surface area contributed by atoms with Crippen molar-refractivity contribution < 1.29 is 19.1 Å². The number of hydrogen-bond donors (Lipinski definition) is 0. The smallest absolute Gasteiger partial charge is 0.344 e. The Balaban J connectivity index is 1.34. The molecular formula is C19H28O4. The van der Waals surface area contributed by atoms with E-state index >= 15 is 0 Å². The molecule has 0 radical (unpaired) electrons. The Morgan fingerprint density at radius 1 is 0.957 bits per heavy atom. The van der Waals surface area contributed by atoms with Gasteiger partial charge >= 0.3 is 11.9 Å². The van der Waals surface area contributed by atoms with Gasteiger partial charge in [0.1, 0.15) is 5.60 Å². The quantitative estimate of drug-likeness (QED) is 0.592. The van der Waals surface area contributed by atoms with Crippen LogP contribution in [0.25, 0.3) is 0 Å². The van der Waals surface area contributed by atoms with Gasteiger partial charge in [0.05, 0.1) is 5.92 Å². The summed E-state index contributed by atoms with van der Waals surface area (Å²) in [6, 6.07) is 0. The summed E-state index contributed by atoms with van der Waals surface area (Å²) in [4.78, 5) is 24.2. The maximum absolute atomic E-state index is 12.5. The van der Waals surface area contributed by atoms with Gasteiger partial charge in [0.25, 0.3) is 0 Å². The lowest BCUT2D eigenvalue weighted by Gasteiger charge is -2.37. The topological polar surface area (TPSA) is 52.6 Å². The molecule has 4 aliphatic rings. The van der Waals surface area contributed by atoms with Gasteiger partial charge in [0.2, 0.25) is 0 Å². The molecule has 4 aliphatic carbocycles. The Morgan fingerprint density at radius 2 is 1.65 bits per heavy atom. The highest BCUT2D eigenvalue weighted by atomic mass is 16.6. The van der Waals surface area contributed by atoms with Crippen molar-refractivity contribution in [1.82, 2.24) is 0 Å². The molecule has 0 amide bonds. The van der Waals surface area contributed by atoms with Crippen molar-refractivity contribution >= 4 is 11.9 Å². The molecule has 23 heavy (non-hydrogen) atoms. The summed E-state index contributed by atoms with van der Waals surface area (Å²) in [7, 11) is 0. The van der Waals surface area contributed by atoms with Gasteiger partial charge in [-0.15, -0.1) is 0 Å². The normalized spacial score (nSPS) is 43.5. The minimum Gasteiger partial charge on any atom is -0.457 e. The molecule has 0 aromatic carbocycles. The van der Waals surface area contributed by atoms with E-state index in [1.54, 1.807) is 0 Å². The first kappa shape index (κ1) is 15.5. The maximum Gasteiger partial charge on any atom is 0.344 e. The first-order valence-corrected chi connectivity index (χ1v) is 9.22. The van der Waals surface area contributed by atoms with Crippen molar-refractivity contribution in [3.8, 4) is 0 Å². The number of fused-ring (bicyclic) bond motifs is 9. The minimum atomic E-state index is -0.535. The highest BCUT2D eigenvalue weighted by Crippen LogP contribution is 2.68. The third-order valence-corrected chi connectivity index (χ3v) is 6.79. The molecule has 0 spiro atoms. The van der Waals surface area contributed by atoms with Crippen molar-refractivity contribution in [2.24, 2.45) is 41.4 Å². The standard InChI is InChI=1S/C19H28O4/c1-19(2,3)23-15(20)9-22-18(21)14-8-12-7-13(14)17-11-5-4-10(6-11)16(12)17/h10-14,16-17H,4-9H2,1-3H3. The summed E-state index contributed by atoms with van der Waals surface area (Å²) in [5.74, 6) is 4.14. The molecule has 0 saturated heterocycles. The van der Waals surface area contributed by atoms with E-state index in [0.29, 0.717) is 5.92 Å². The van der Waals surface area contributed by atoms with Gasteiger partial charge in [-0.25, -0.2) is 4.79 Å². The second-order valence-electron chi connectivity index (χ2n) is 9.18. The monoisotopic (exact) mass is 320 g/mol. The minimum absolute atomic E-state index is 0.0306. The zero-order valence-electron chi connectivity index (χ0n) is 14.4. The SMILES string of the molecule is CC(C)(C)OC(=O)COC(=O)C1CC2CC1C1C3CCC(C3)C21. The summed E-state index contributed by atoms with van der Waals surface area (Å²) >= 11 is 0. The Morgan fingerprint density at radius 3 is 2.35 bits per heavy atom. The van der Waals surface area contributed by atoms with Crippen LogP contribution in [0.1, 0.15) is 52.9 Å². The lowest BCUT2D eigenvalue weighted by Crippen LogP contribution is -2.37. The maximum atomic E-state index is 12.5. The van der Waals surface area contributed by atoms with Gasteiger partial charge in [-0.3, -0.25) is 4.79 Å². The number of esters is 2. The molecule has 4 nitrogen and oxygen atoms in total. The molecule has 4 fully saturated rings. The van der Waals surface area contributed by atoms with Crippen molar-refractivity contribution in [1.29, 1.82) is 0 Å². The van der Waals surface area contributed by atoms with Crippen LogP contribution in [0.5, 0.6) is 0 Å². The van der Waals surface area contributed by atoms with E-state index in [2.05, 4.69) is 0 Å². The van der Waals surface area contributed by atoms with Crippen LogP contribution in [0.2, 0.25) is 0 Å². The summed E-state index contributed by atoms with van der Waals surface area (Å²) in [6.45, 7) is 5.21. The molecular weight excluding hydrogens is 292 g/mol. The second kappa shape index (κ2) is 5.22. The van der Waals surface area contributed by atoms with Gasteiger partial charge in [0, 0.05) is 0 Å². The Labute approximate surface area is 138 Å². The summed E-state index contributed by atoms with van der Waals surface area (Å²) < 4.78 is 10.5. The fourth-order valence-electron chi connectivity index (χ4n) is 6.44. The predicted molar refractivity (Wildman–Crippen MR) is 84.3 cm³/mol. The van der Waals surface area contributed by atoms with Crippen LogP contribution >= 0.6 is 0 Å². The van der Waals surface area contributed by atoms with Gasteiger partial charge in [-0.1, -0.05) is 0 Å². The van der Waals surface area contributed by atoms with E-state index in [9.17, 15) is 9.59 Å². The van der Waals surface area contributed by atoms with Crippen molar-refractivity contribution in [3.05, 3.63) is 0 Å². The largest absolute Gasteiger partial charge is 0.457 e. The Bertz CT molecular complexity index is 520. The molecule has 7 atom stereocenters. The lowest BCUT2D eigenvalue weighted by molar-refractivity contribution is -0.169. The molecule has 0 N–H and O–H groups in total. The zero-order chi connectivity index (χ0) is 16.4. The Kier molecular flexibility index (Phi) is 3.51. The van der Waals surface area contributed by atoms with Crippen LogP contribution in [-0.2, 0) is 19.1 Å². The molecule has 0 heterocycles. The molecule has 4 bridgehead atoms. The van der Waals surface area contributed by atoms with Gasteiger partial charge in [0.15, 0.2) is 6.61 Å². The number of hydrogen-bond acceptors (Lipinski definition) is 4. The van der Waals surface area contributed by atoms with Crippen LogP contribution in [-0.4, -0.2) is 24.1 Å². The van der Waals surface area contributed by atoms with Crippen LogP contribution < -0.4 is 0 Å². The first-order valence-electron chi connectivity index (χ1n) is 9.22. The summed E-state index contributed by atoms with van der Waals surface area (Å²) in [5, 5.41) is 0. The molecule has 4 rings (SSSR count). The number of rotatable bonds is 3. The molecule has 0 aromatic rings. The van der Waals surface area contributed by atoms with E-state index in [-0.39, 0.29) is 18.5 Å². The predicted octanol–water partition coefficient (Wildman–Crippen LogP) is 3.19. The third kappa shape index (κ3) is 2.58. The third-order valence-electron chi connectivity index (χ3n) is 6.79. The van der Waals surface area contributed by atoms with E-state index in [1.807, 2.05) is 20.8 Å². The number of ether oxygens (including phenoxy) is 2. The van der Waals surface area contributed by atoms with E-state index < -0.39 is 11.6 Å². The average molecular weight is 320 g/mol. The zero-order valence-corrected chi connectivity index (χ0v) is 14.4. The van der Waals surface area contributed by atoms with Crippen LogP contribution in [0.15, 0.2) is 0 Å². The van der Waals surface area contributed by atoms with Crippen LogP contribution in [0.3, 0.4) is 0 Å². The van der Waals surface area contributed by atoms with Gasteiger partial charge in [-0.05, 0) is 88.4 Å². The van der Waals surface area contributed by atoms with Crippen LogP contribution in [0.4, 0.5) is 0 Å². The number of carbonyl (C=O) groups is 2. The van der Waals surface area contributed by atoms with Gasteiger partial charge < -0.3 is 9.47 Å². The molecule has 4 saturated carbocycles. The van der Waals surface area contributed by atoms with Crippen molar-refractivity contribution in [2.75, 3.05) is 6.61 Å². The lowest BCUT2D eigenvalue weighted by atomic mass is 9.67. The molecule has 0 aliphatic heterocycles. The highest BCUT2D eigenvalue weighted by molar-refractivity contribution is 5.78. The fourth-order valence-corrected chi connectivity index (χ4v) is 6.44. The van der Waals surface area contributed by atoms with Crippen LogP contribution in [0, 0.1) is 41.4 Å². The second-order valence-corrected chi connectivity index (χ2v) is 9.18. The van der Waals surface area contributed by atoms with Crippen molar-refractivity contribution in [3.63, 3.8) is 0 Å². The van der Waals surface area contributed by atoms with E-state index in [4.69, 9.17) is 9.47 Å². The number of carbonyl (C=O) groups excluding carboxylic acids is 2. The molecule has 128 valence electrons.